The van der Waals surface area contributed by atoms with E-state index in [0.29, 0.717) is 17.2 Å². The van der Waals surface area contributed by atoms with E-state index < -0.39 is 0 Å². The molecule has 0 aliphatic rings. The molecule has 1 rings (SSSR count). The summed E-state index contributed by atoms with van der Waals surface area (Å²) in [6.45, 7) is 2.97. The number of nitrogen functional groups attached to an aromatic ring is 1. The van der Waals surface area contributed by atoms with Crippen molar-refractivity contribution in [3.8, 4) is 0 Å². The maximum atomic E-state index is 11.2. The number of Topliss-reactive ketones (excluding diaryl/α,β-unsaturated/α-hetero) is 1. The molecule has 0 spiro atoms. The van der Waals surface area contributed by atoms with Gasteiger partial charge in [-0.2, -0.15) is 0 Å². The first-order chi connectivity index (χ1) is 7.06. The van der Waals surface area contributed by atoms with Crippen LogP contribution in [-0.2, 0) is 4.74 Å². The van der Waals surface area contributed by atoms with Crippen molar-refractivity contribution >= 4 is 27.8 Å². The smallest absolute Gasteiger partial charge is 0.171 e. The molecule has 0 atom stereocenters. The Kier molecular flexibility index (Phi) is 4.11. The van der Waals surface area contributed by atoms with Gasteiger partial charge in [0.2, 0.25) is 0 Å². The summed E-state index contributed by atoms with van der Waals surface area (Å²) < 4.78 is 4.98. The lowest BCUT2D eigenvalue weighted by molar-refractivity contribution is 0.102. The van der Waals surface area contributed by atoms with E-state index in [2.05, 4.69) is 0 Å². The van der Waals surface area contributed by atoms with Crippen LogP contribution in [-0.4, -0.2) is 33.1 Å². The maximum absolute atomic E-state index is 11.2. The number of ether oxygens (including phenoxy) is 1. The number of hydrogen-bond acceptors (Lipinski definition) is 5. The van der Waals surface area contributed by atoms with Crippen molar-refractivity contribution in [2.24, 2.45) is 0 Å². The highest BCUT2D eigenvalue weighted by Gasteiger charge is 2.12. The van der Waals surface area contributed by atoms with Gasteiger partial charge in [0.05, 0.1) is 22.2 Å². The average Bonchev–Trinajstić information content (AvgIpc) is 2.56. The van der Waals surface area contributed by atoms with Crippen LogP contribution in [0, 0.1) is 0 Å². The van der Waals surface area contributed by atoms with Gasteiger partial charge in [0, 0.05) is 27.6 Å². The van der Waals surface area contributed by atoms with Crippen molar-refractivity contribution < 1.29 is 9.53 Å². The van der Waals surface area contributed by atoms with E-state index in [0.717, 1.165) is 11.5 Å². The molecule has 0 bridgehead atoms. The number of anilines is 2. The summed E-state index contributed by atoms with van der Waals surface area (Å²) in [6.07, 6.45) is 0. The Hall–Kier alpha value is -1.07. The average molecular weight is 228 g/mol. The summed E-state index contributed by atoms with van der Waals surface area (Å²) in [6, 6.07) is 1.83. The van der Waals surface area contributed by atoms with Gasteiger partial charge in [0.1, 0.15) is 0 Å². The van der Waals surface area contributed by atoms with Crippen molar-refractivity contribution in [2.45, 2.75) is 6.92 Å². The molecule has 0 unspecified atom stereocenters. The minimum atomic E-state index is 0.0175. The first-order valence-electron chi connectivity index (χ1n) is 4.66. The highest BCUT2D eigenvalue weighted by Crippen LogP contribution is 2.31. The van der Waals surface area contributed by atoms with Crippen LogP contribution in [0.2, 0.25) is 0 Å². The molecule has 0 aliphatic carbocycles. The van der Waals surface area contributed by atoms with E-state index in [1.54, 1.807) is 7.11 Å². The Morgan fingerprint density at radius 2 is 2.33 bits per heavy atom. The van der Waals surface area contributed by atoms with E-state index in [1.807, 2.05) is 18.0 Å². The molecule has 5 heteroatoms. The molecule has 0 saturated heterocycles. The van der Waals surface area contributed by atoms with Gasteiger partial charge in [-0.25, -0.2) is 0 Å². The van der Waals surface area contributed by atoms with Gasteiger partial charge >= 0.3 is 0 Å². The second kappa shape index (κ2) is 5.14. The van der Waals surface area contributed by atoms with Crippen LogP contribution in [0.3, 0.4) is 0 Å². The molecule has 0 aliphatic heterocycles. The molecule has 0 fully saturated rings. The Labute approximate surface area is 93.6 Å². The van der Waals surface area contributed by atoms with Crippen molar-refractivity contribution in [2.75, 3.05) is 37.9 Å². The van der Waals surface area contributed by atoms with Crippen molar-refractivity contribution in [3.05, 3.63) is 10.9 Å². The molecular weight excluding hydrogens is 212 g/mol. The van der Waals surface area contributed by atoms with Gasteiger partial charge in [-0.05, 0) is 6.07 Å². The molecule has 84 valence electrons. The van der Waals surface area contributed by atoms with E-state index in [1.165, 1.54) is 18.3 Å². The topological polar surface area (TPSA) is 55.6 Å². The normalized spacial score (nSPS) is 10.3. The molecule has 0 aromatic carbocycles. The lowest BCUT2D eigenvalue weighted by Crippen LogP contribution is -2.20. The summed E-state index contributed by atoms with van der Waals surface area (Å²) in [5.74, 6) is 0.0175. The third-order valence-electron chi connectivity index (χ3n) is 2.07. The van der Waals surface area contributed by atoms with Crippen molar-refractivity contribution in [3.63, 3.8) is 0 Å². The van der Waals surface area contributed by atoms with Gasteiger partial charge in [0.25, 0.3) is 0 Å². The van der Waals surface area contributed by atoms with Crippen LogP contribution < -0.4 is 10.6 Å². The number of methoxy groups -OCH3 is 1. The van der Waals surface area contributed by atoms with E-state index in [-0.39, 0.29) is 5.78 Å². The number of ketones is 1. The summed E-state index contributed by atoms with van der Waals surface area (Å²) in [4.78, 5) is 13.9. The minimum Gasteiger partial charge on any atom is -0.397 e. The molecule has 0 saturated carbocycles. The second-order valence-corrected chi connectivity index (χ2v) is 4.37. The van der Waals surface area contributed by atoms with Crippen LogP contribution >= 0.6 is 11.3 Å². The third-order valence-corrected chi connectivity index (χ3v) is 3.44. The zero-order chi connectivity index (χ0) is 11.4. The standard InChI is InChI=1S/C10H16N2O2S/c1-7(13)10-8(11)6-9(15-10)12(2)4-5-14-3/h6H,4-5,11H2,1-3H3. The van der Waals surface area contributed by atoms with Crippen LogP contribution in [0.1, 0.15) is 16.6 Å². The van der Waals surface area contributed by atoms with E-state index in [9.17, 15) is 4.79 Å². The molecule has 15 heavy (non-hydrogen) atoms. The SMILES string of the molecule is COCCN(C)c1cc(N)c(C(C)=O)s1. The summed E-state index contributed by atoms with van der Waals surface area (Å²) >= 11 is 1.42. The minimum absolute atomic E-state index is 0.0175. The molecule has 2 N–H and O–H groups in total. The van der Waals surface area contributed by atoms with Crippen LogP contribution in [0.15, 0.2) is 6.07 Å². The predicted molar refractivity (Wildman–Crippen MR) is 63.9 cm³/mol. The molecule has 0 amide bonds. The predicted octanol–water partition coefficient (Wildman–Crippen LogP) is 1.62. The summed E-state index contributed by atoms with van der Waals surface area (Å²) in [7, 11) is 3.62. The molecule has 1 heterocycles. The zero-order valence-electron chi connectivity index (χ0n) is 9.24. The summed E-state index contributed by atoms with van der Waals surface area (Å²) in [5, 5.41) is 0.995. The zero-order valence-corrected chi connectivity index (χ0v) is 10.1. The fraction of sp³-hybridized carbons (Fsp3) is 0.500. The highest BCUT2D eigenvalue weighted by atomic mass is 32.1. The van der Waals surface area contributed by atoms with Crippen LogP contribution in [0.25, 0.3) is 0 Å². The Balaban J connectivity index is 2.78. The molecular formula is C10H16N2O2S. The number of carbonyl (C=O) groups is 1. The molecule has 1 aromatic rings. The third kappa shape index (κ3) is 2.94. The summed E-state index contributed by atoms with van der Waals surface area (Å²) in [5.41, 5.74) is 6.30. The monoisotopic (exact) mass is 228 g/mol. The molecule has 1 aromatic heterocycles. The van der Waals surface area contributed by atoms with Gasteiger partial charge in [0.15, 0.2) is 5.78 Å². The van der Waals surface area contributed by atoms with Crippen LogP contribution in [0.4, 0.5) is 10.7 Å². The first kappa shape index (κ1) is 12.0. The number of rotatable bonds is 5. The highest BCUT2D eigenvalue weighted by molar-refractivity contribution is 7.18. The quantitative estimate of drug-likeness (QED) is 0.778. The van der Waals surface area contributed by atoms with E-state index >= 15 is 0 Å². The van der Waals surface area contributed by atoms with Crippen molar-refractivity contribution in [1.29, 1.82) is 0 Å². The Morgan fingerprint density at radius 1 is 1.67 bits per heavy atom. The fourth-order valence-corrected chi connectivity index (χ4v) is 2.16. The largest absolute Gasteiger partial charge is 0.397 e. The Bertz CT molecular complexity index is 349. The Morgan fingerprint density at radius 3 is 2.80 bits per heavy atom. The van der Waals surface area contributed by atoms with Crippen LogP contribution in [0.5, 0.6) is 0 Å². The van der Waals surface area contributed by atoms with Gasteiger partial charge in [-0.1, -0.05) is 0 Å². The molecule has 4 nitrogen and oxygen atoms in total. The number of carbonyl (C=O) groups excluding carboxylic acids is 1. The number of nitrogens with zero attached hydrogens (tertiary/aromatic N) is 1. The number of nitrogens with two attached hydrogens (primary N) is 1. The maximum Gasteiger partial charge on any atom is 0.171 e. The number of thiophene rings is 1. The first-order valence-corrected chi connectivity index (χ1v) is 5.48. The van der Waals surface area contributed by atoms with Gasteiger partial charge in [-0.15, -0.1) is 11.3 Å². The lowest BCUT2D eigenvalue weighted by atomic mass is 10.3. The fourth-order valence-electron chi connectivity index (χ4n) is 1.19. The van der Waals surface area contributed by atoms with Crippen molar-refractivity contribution in [1.82, 2.24) is 0 Å². The second-order valence-electron chi connectivity index (χ2n) is 3.34. The number of likely N-dealkylation sites (N-methyl/N-ethyl adjacent to an activating group) is 1. The van der Waals surface area contributed by atoms with Gasteiger partial charge in [-0.3, -0.25) is 4.79 Å². The van der Waals surface area contributed by atoms with Gasteiger partial charge < -0.3 is 15.4 Å². The molecule has 0 radical (unpaired) electrons. The lowest BCUT2D eigenvalue weighted by Gasteiger charge is -2.15. The number of hydrogen-bond donors (Lipinski definition) is 1. The van der Waals surface area contributed by atoms with E-state index in [4.69, 9.17) is 10.5 Å².